The standard InChI is InChI=1S/C73H53B5N2OS/c74-67-66(68(75)70(77)71(78)69(67)76)55-42-50(43-59-72(55)81-62-33-17-15-30-58(62)73(59)56-28-13-10-26-52(56)53-27-11-14-29-57(53)73)80(60-31-16-12-25-51(60)46-21-6-2-7-22-46)49-39-40-63-54(41-49)65-61(32-18-34-64(65)82-63)79(47-23-8-3-9-24-47)48-37-35-45(36-38-48)44-19-4-1-5-20-44/h1-43H,74-78H2. The van der Waals surface area contributed by atoms with Crippen LogP contribution in [0.25, 0.3) is 64.7 Å². The molecule has 9 heteroatoms. The van der Waals surface area contributed by atoms with Crippen molar-refractivity contribution in [2.24, 2.45) is 0 Å². The number of para-hydroxylation sites is 3. The second-order valence-electron chi connectivity index (χ2n) is 22.0. The second-order valence-corrected chi connectivity index (χ2v) is 23.1. The summed E-state index contributed by atoms with van der Waals surface area (Å²) < 4.78 is 10.0. The van der Waals surface area contributed by atoms with E-state index in [1.807, 2.05) is 11.3 Å². The Balaban J connectivity index is 1.04. The topological polar surface area (TPSA) is 15.7 Å². The van der Waals surface area contributed by atoms with Crippen LogP contribution in [0.1, 0.15) is 22.3 Å². The Morgan fingerprint density at radius 2 is 0.841 bits per heavy atom. The van der Waals surface area contributed by atoms with Crippen molar-refractivity contribution in [3.05, 3.63) is 283 Å². The summed E-state index contributed by atoms with van der Waals surface area (Å²) in [7, 11) is 11.5. The van der Waals surface area contributed by atoms with E-state index in [9.17, 15) is 0 Å². The van der Waals surface area contributed by atoms with Gasteiger partial charge in [-0.3, -0.25) is 0 Å². The van der Waals surface area contributed by atoms with Gasteiger partial charge in [-0.25, -0.2) is 0 Å². The van der Waals surface area contributed by atoms with Crippen molar-refractivity contribution < 1.29 is 4.74 Å². The fraction of sp³-hybridized carbons (Fsp3) is 0.0137. The Morgan fingerprint density at radius 3 is 1.52 bits per heavy atom. The Labute approximate surface area is 488 Å². The van der Waals surface area contributed by atoms with E-state index in [0.29, 0.717) is 0 Å². The van der Waals surface area contributed by atoms with Crippen LogP contribution in [0.3, 0.4) is 0 Å². The quantitative estimate of drug-likeness (QED) is 0.134. The summed E-state index contributed by atoms with van der Waals surface area (Å²) in [5, 5.41) is 2.40. The van der Waals surface area contributed by atoms with Crippen LogP contribution in [-0.2, 0) is 5.41 Å². The van der Waals surface area contributed by atoms with Gasteiger partial charge in [-0.05, 0) is 123 Å². The summed E-state index contributed by atoms with van der Waals surface area (Å²) in [6, 6.07) is 96.0. The fourth-order valence-corrected chi connectivity index (χ4v) is 14.8. The number of hydrogen-bond donors (Lipinski definition) is 0. The van der Waals surface area contributed by atoms with Crippen LogP contribution in [0.2, 0.25) is 0 Å². The number of thiophene rings is 1. The molecule has 13 aromatic rings. The van der Waals surface area contributed by atoms with Crippen molar-refractivity contribution in [3.63, 3.8) is 0 Å². The summed E-state index contributed by atoms with van der Waals surface area (Å²) in [4.78, 5) is 4.97. The molecule has 3 nitrogen and oxygen atoms in total. The van der Waals surface area contributed by atoms with Crippen molar-refractivity contribution in [1.29, 1.82) is 0 Å². The van der Waals surface area contributed by atoms with Gasteiger partial charge in [0.25, 0.3) is 0 Å². The van der Waals surface area contributed by atoms with Gasteiger partial charge in [0, 0.05) is 65.2 Å². The molecule has 15 rings (SSSR count). The van der Waals surface area contributed by atoms with E-state index in [1.165, 1.54) is 86.4 Å². The van der Waals surface area contributed by atoms with E-state index in [2.05, 4.69) is 310 Å². The van der Waals surface area contributed by atoms with Gasteiger partial charge in [-0.1, -0.05) is 193 Å². The van der Waals surface area contributed by atoms with Crippen molar-refractivity contribution in [2.75, 3.05) is 9.80 Å². The highest BCUT2D eigenvalue weighted by atomic mass is 32.1. The Morgan fingerprint density at radius 1 is 0.329 bits per heavy atom. The molecule has 0 bridgehead atoms. The van der Waals surface area contributed by atoms with Gasteiger partial charge in [0.2, 0.25) is 0 Å². The van der Waals surface area contributed by atoms with E-state index in [4.69, 9.17) is 4.74 Å². The zero-order chi connectivity index (χ0) is 55.2. The third-order valence-electron chi connectivity index (χ3n) is 17.9. The molecule has 382 valence electrons. The maximum atomic E-state index is 7.55. The summed E-state index contributed by atoms with van der Waals surface area (Å²) in [5.41, 5.74) is 26.4. The van der Waals surface area contributed by atoms with Crippen molar-refractivity contribution >= 4 is 132 Å². The average Bonchev–Trinajstić information content (AvgIpc) is 1.92. The molecule has 0 radical (unpaired) electrons. The van der Waals surface area contributed by atoms with Crippen molar-refractivity contribution in [2.45, 2.75) is 5.41 Å². The molecule has 0 N–H and O–H groups in total. The number of anilines is 6. The minimum atomic E-state index is -0.716. The molecule has 1 aliphatic carbocycles. The monoisotopic (exact) mass is 1060 g/mol. The van der Waals surface area contributed by atoms with E-state index >= 15 is 0 Å². The first-order valence-corrected chi connectivity index (χ1v) is 29.2. The van der Waals surface area contributed by atoms with E-state index in [-0.39, 0.29) is 0 Å². The minimum absolute atomic E-state index is 0.716. The molecular formula is C73H53B5N2OS. The van der Waals surface area contributed by atoms with Crippen LogP contribution in [0.5, 0.6) is 11.5 Å². The minimum Gasteiger partial charge on any atom is -0.456 e. The van der Waals surface area contributed by atoms with Crippen molar-refractivity contribution in [3.8, 4) is 56.0 Å². The predicted molar refractivity (Wildman–Crippen MR) is 363 cm³/mol. The molecule has 82 heavy (non-hydrogen) atoms. The molecule has 0 saturated heterocycles. The summed E-state index contributed by atoms with van der Waals surface area (Å²) in [5.74, 6) is 1.76. The third-order valence-corrected chi connectivity index (χ3v) is 19.0. The number of nitrogens with zero attached hydrogens (tertiary/aromatic N) is 2. The summed E-state index contributed by atoms with van der Waals surface area (Å²) in [6.45, 7) is 0. The number of fused-ring (bicyclic) bond motifs is 12. The summed E-state index contributed by atoms with van der Waals surface area (Å²) >= 11 is 1.85. The highest BCUT2D eigenvalue weighted by Gasteiger charge is 2.52. The van der Waals surface area contributed by atoms with Crippen LogP contribution in [-0.4, -0.2) is 39.2 Å². The average molecular weight is 1060 g/mol. The Kier molecular flexibility index (Phi) is 11.9. The number of benzene rings is 12. The molecule has 12 aromatic carbocycles. The van der Waals surface area contributed by atoms with Gasteiger partial charge in [0.05, 0.1) is 16.8 Å². The molecule has 0 saturated carbocycles. The lowest BCUT2D eigenvalue weighted by Crippen LogP contribution is -2.55. The Hall–Kier alpha value is -9.42. The first kappa shape index (κ1) is 49.6. The number of hydrogen-bond acceptors (Lipinski definition) is 4. The normalized spacial score (nSPS) is 12.6. The van der Waals surface area contributed by atoms with Crippen molar-refractivity contribution in [1.82, 2.24) is 0 Å². The number of ether oxygens (including phenoxy) is 1. The van der Waals surface area contributed by atoms with Crippen LogP contribution >= 0.6 is 11.3 Å². The van der Waals surface area contributed by atoms with Gasteiger partial charge >= 0.3 is 0 Å². The highest BCUT2D eigenvalue weighted by molar-refractivity contribution is 7.26. The van der Waals surface area contributed by atoms with Gasteiger partial charge in [-0.15, -0.1) is 27.7 Å². The highest BCUT2D eigenvalue weighted by Crippen LogP contribution is 2.64. The molecule has 2 heterocycles. The summed E-state index contributed by atoms with van der Waals surface area (Å²) in [6.07, 6.45) is 0. The zero-order valence-electron chi connectivity index (χ0n) is 46.5. The lowest BCUT2D eigenvalue weighted by molar-refractivity contribution is 0.438. The third kappa shape index (κ3) is 7.63. The maximum absolute atomic E-state index is 7.55. The van der Waals surface area contributed by atoms with E-state index in [1.54, 1.807) is 0 Å². The first-order chi connectivity index (χ1) is 40.3. The fourth-order valence-electron chi connectivity index (χ4n) is 13.7. The van der Waals surface area contributed by atoms with Crippen LogP contribution in [0.4, 0.5) is 34.1 Å². The lowest BCUT2D eigenvalue weighted by atomic mass is 9.59. The predicted octanol–water partition coefficient (Wildman–Crippen LogP) is 11.8. The van der Waals surface area contributed by atoms with E-state index in [0.717, 1.165) is 73.4 Å². The molecule has 2 aliphatic rings. The zero-order valence-corrected chi connectivity index (χ0v) is 47.4. The van der Waals surface area contributed by atoms with E-state index < -0.39 is 5.41 Å². The molecule has 0 atom stereocenters. The lowest BCUT2D eigenvalue weighted by Gasteiger charge is -2.41. The molecule has 0 unspecified atom stereocenters. The molecule has 1 aliphatic heterocycles. The first-order valence-electron chi connectivity index (χ1n) is 28.4. The number of rotatable bonds is 9. The molecule has 1 spiro atoms. The Bertz CT molecular complexity index is 4610. The van der Waals surface area contributed by atoms with Gasteiger partial charge < -0.3 is 14.5 Å². The SMILES string of the molecule is Bc1c(B)c(B)c(-c2cc(N(c3ccc4sc5cccc(N(c6ccccc6)c6ccc(-c7ccccc7)cc6)c5c4c3)c3ccccc3-c3ccccc3)cc3c2Oc2ccccc2C32c3ccccc3-c3ccccc32)c(B)c1B. The molecule has 0 fully saturated rings. The molecular weight excluding hydrogens is 1010 g/mol. The smallest absolute Gasteiger partial charge is 0.140 e. The van der Waals surface area contributed by atoms with Gasteiger partial charge in [0.1, 0.15) is 50.7 Å². The second kappa shape index (κ2) is 19.7. The maximum Gasteiger partial charge on any atom is 0.140 e. The van der Waals surface area contributed by atoms with Gasteiger partial charge in [-0.2, -0.15) is 0 Å². The van der Waals surface area contributed by atoms with Crippen LogP contribution in [0.15, 0.2) is 261 Å². The molecule has 1 aromatic heterocycles. The van der Waals surface area contributed by atoms with Crippen LogP contribution < -0.4 is 41.9 Å². The largest absolute Gasteiger partial charge is 0.456 e. The molecule has 0 amide bonds. The van der Waals surface area contributed by atoms with Gasteiger partial charge in [0.15, 0.2) is 0 Å². The van der Waals surface area contributed by atoms with Crippen LogP contribution in [0, 0.1) is 0 Å².